The van der Waals surface area contributed by atoms with Crippen molar-refractivity contribution in [1.29, 1.82) is 0 Å². The minimum Gasteiger partial charge on any atom is -0.335 e. The van der Waals surface area contributed by atoms with E-state index in [1.165, 1.54) is 20.2 Å². The number of H-pyrrole nitrogens is 1. The van der Waals surface area contributed by atoms with Gasteiger partial charge in [0.25, 0.3) is 0 Å². The van der Waals surface area contributed by atoms with Gasteiger partial charge in [-0.1, -0.05) is 6.07 Å². The lowest BCUT2D eigenvalue weighted by molar-refractivity contribution is 0.521. The second kappa shape index (κ2) is 3.32. The zero-order chi connectivity index (χ0) is 11.1. The van der Waals surface area contributed by atoms with Crippen molar-refractivity contribution in [3.05, 3.63) is 24.5 Å². The largest absolute Gasteiger partial charge is 0.335 e. The third-order valence-electron chi connectivity index (χ3n) is 2.12. The molecule has 0 fully saturated rings. The summed E-state index contributed by atoms with van der Waals surface area (Å²) in [5.41, 5.74) is 1.09. The van der Waals surface area contributed by atoms with E-state index in [-0.39, 0.29) is 4.90 Å². The van der Waals surface area contributed by atoms with Crippen LogP contribution in [0.25, 0.3) is 11.0 Å². The first kappa shape index (κ1) is 10.1. The summed E-state index contributed by atoms with van der Waals surface area (Å²) in [5.74, 6) is 0. The highest BCUT2D eigenvalue weighted by atomic mass is 32.2. The summed E-state index contributed by atoms with van der Waals surface area (Å²) in [6.45, 7) is 0. The summed E-state index contributed by atoms with van der Waals surface area (Å²) in [7, 11) is -0.461. The van der Waals surface area contributed by atoms with Crippen molar-refractivity contribution < 1.29 is 8.42 Å². The Kier molecular flexibility index (Phi) is 2.24. The molecule has 5 nitrogen and oxygen atoms in total. The molecule has 0 aliphatic rings. The van der Waals surface area contributed by atoms with Gasteiger partial charge in [-0.2, -0.15) is 0 Å². The Morgan fingerprint density at radius 3 is 2.80 bits per heavy atom. The summed E-state index contributed by atoms with van der Waals surface area (Å²) >= 11 is 0. The number of aromatic nitrogens is 2. The zero-order valence-corrected chi connectivity index (χ0v) is 9.17. The third-order valence-corrected chi connectivity index (χ3v) is 3.96. The number of para-hydroxylation sites is 1. The molecule has 0 aliphatic carbocycles. The molecule has 2 aromatic rings. The molecular weight excluding hydrogens is 214 g/mol. The standard InChI is InChI=1S/C9H10N3O2S/c1-12(2)15(13,14)8-5-3-4-7-9(8)11-6-10-7/h3-5H,1-2H3,(H,10,11). The second-order valence-corrected chi connectivity index (χ2v) is 5.41. The first-order chi connectivity index (χ1) is 7.03. The number of aromatic amines is 1. The molecule has 15 heavy (non-hydrogen) atoms. The molecule has 2 rings (SSSR count). The highest BCUT2D eigenvalue weighted by Crippen LogP contribution is 2.21. The molecule has 0 unspecified atom stereocenters. The predicted octanol–water partition coefficient (Wildman–Crippen LogP) is 0.613. The van der Waals surface area contributed by atoms with Gasteiger partial charge in [-0.3, -0.25) is 0 Å². The van der Waals surface area contributed by atoms with Gasteiger partial charge in [-0.15, -0.1) is 0 Å². The van der Waals surface area contributed by atoms with Crippen LogP contribution in [0, 0.1) is 6.33 Å². The summed E-state index contributed by atoms with van der Waals surface area (Å²) in [5, 5.41) is 0. The van der Waals surface area contributed by atoms with E-state index in [0.29, 0.717) is 11.0 Å². The van der Waals surface area contributed by atoms with E-state index < -0.39 is 10.0 Å². The van der Waals surface area contributed by atoms with Gasteiger partial charge in [0.05, 0.1) is 5.52 Å². The molecule has 0 amide bonds. The first-order valence-electron chi connectivity index (χ1n) is 4.31. The molecule has 1 N–H and O–H groups in total. The maximum atomic E-state index is 11.9. The van der Waals surface area contributed by atoms with Crippen molar-refractivity contribution in [3.8, 4) is 0 Å². The molecule has 1 radical (unpaired) electrons. The fourth-order valence-electron chi connectivity index (χ4n) is 1.29. The minimum absolute atomic E-state index is 0.197. The van der Waals surface area contributed by atoms with Gasteiger partial charge in [-0.05, 0) is 12.1 Å². The molecule has 79 valence electrons. The number of rotatable bonds is 2. The number of hydrogen-bond acceptors (Lipinski definition) is 3. The number of imidazole rings is 1. The monoisotopic (exact) mass is 224 g/mol. The number of benzene rings is 1. The molecular formula is C9H10N3O2S. The van der Waals surface area contributed by atoms with E-state index in [4.69, 9.17) is 0 Å². The smallest absolute Gasteiger partial charge is 0.244 e. The van der Waals surface area contributed by atoms with Crippen LogP contribution in [0.15, 0.2) is 23.1 Å². The van der Waals surface area contributed by atoms with Crippen molar-refractivity contribution in [1.82, 2.24) is 14.3 Å². The first-order valence-corrected chi connectivity index (χ1v) is 5.75. The van der Waals surface area contributed by atoms with Gasteiger partial charge in [0.2, 0.25) is 10.0 Å². The highest BCUT2D eigenvalue weighted by Gasteiger charge is 2.20. The second-order valence-electron chi connectivity index (χ2n) is 3.29. The highest BCUT2D eigenvalue weighted by molar-refractivity contribution is 7.89. The van der Waals surface area contributed by atoms with E-state index in [2.05, 4.69) is 16.3 Å². The van der Waals surface area contributed by atoms with Crippen molar-refractivity contribution in [3.63, 3.8) is 0 Å². The molecule has 0 aliphatic heterocycles. The van der Waals surface area contributed by atoms with Gasteiger partial charge in [-0.25, -0.2) is 17.7 Å². The summed E-state index contributed by atoms with van der Waals surface area (Å²) < 4.78 is 25.0. The Morgan fingerprint density at radius 2 is 2.13 bits per heavy atom. The Labute approximate surface area is 87.8 Å². The molecule has 0 bridgehead atoms. The number of hydrogen-bond donors (Lipinski definition) is 1. The molecule has 0 spiro atoms. The number of nitrogens with zero attached hydrogens (tertiary/aromatic N) is 2. The van der Waals surface area contributed by atoms with Crippen LogP contribution < -0.4 is 0 Å². The van der Waals surface area contributed by atoms with E-state index in [1.807, 2.05) is 0 Å². The third kappa shape index (κ3) is 1.51. The number of nitrogens with one attached hydrogen (secondary N) is 1. The van der Waals surface area contributed by atoms with Crippen molar-refractivity contribution >= 4 is 21.1 Å². The van der Waals surface area contributed by atoms with Crippen LogP contribution in [0.1, 0.15) is 0 Å². The quantitative estimate of drug-likeness (QED) is 0.813. The lowest BCUT2D eigenvalue weighted by atomic mass is 10.3. The Bertz CT molecular complexity index is 586. The topological polar surface area (TPSA) is 66.1 Å². The van der Waals surface area contributed by atoms with Gasteiger partial charge < -0.3 is 4.98 Å². The van der Waals surface area contributed by atoms with Crippen LogP contribution in [-0.4, -0.2) is 36.8 Å². The van der Waals surface area contributed by atoms with Crippen LogP contribution in [0.4, 0.5) is 0 Å². The number of sulfonamides is 1. The van der Waals surface area contributed by atoms with Crippen molar-refractivity contribution in [2.75, 3.05) is 14.1 Å². The van der Waals surface area contributed by atoms with Gasteiger partial charge in [0.1, 0.15) is 10.4 Å². The fraction of sp³-hybridized carbons (Fsp3) is 0.222. The lowest BCUT2D eigenvalue weighted by Crippen LogP contribution is -2.22. The van der Waals surface area contributed by atoms with Gasteiger partial charge >= 0.3 is 0 Å². The molecule has 1 aromatic heterocycles. The fourth-order valence-corrected chi connectivity index (χ4v) is 2.33. The lowest BCUT2D eigenvalue weighted by Gasteiger charge is -2.11. The molecule has 0 atom stereocenters. The van der Waals surface area contributed by atoms with E-state index in [9.17, 15) is 8.42 Å². The molecule has 0 saturated carbocycles. The average molecular weight is 224 g/mol. The normalized spacial score (nSPS) is 12.5. The SMILES string of the molecule is CN(C)S(=O)(=O)c1cccc2[nH][c]nc12. The molecule has 1 heterocycles. The van der Waals surface area contributed by atoms with E-state index in [1.54, 1.807) is 12.1 Å². The zero-order valence-electron chi connectivity index (χ0n) is 8.35. The minimum atomic E-state index is -3.44. The maximum Gasteiger partial charge on any atom is 0.244 e. The van der Waals surface area contributed by atoms with Crippen LogP contribution >= 0.6 is 0 Å². The van der Waals surface area contributed by atoms with Crippen molar-refractivity contribution in [2.24, 2.45) is 0 Å². The van der Waals surface area contributed by atoms with Crippen molar-refractivity contribution in [2.45, 2.75) is 4.90 Å². The van der Waals surface area contributed by atoms with Gasteiger partial charge in [0.15, 0.2) is 6.33 Å². The van der Waals surface area contributed by atoms with Crippen LogP contribution in [-0.2, 0) is 10.0 Å². The molecule has 1 aromatic carbocycles. The maximum absolute atomic E-state index is 11.9. The van der Waals surface area contributed by atoms with Crippen LogP contribution in [0.3, 0.4) is 0 Å². The average Bonchev–Trinajstić information content (AvgIpc) is 2.64. The molecule has 6 heteroatoms. The Balaban J connectivity index is 2.77. The molecule has 0 saturated heterocycles. The number of fused-ring (bicyclic) bond motifs is 1. The summed E-state index contributed by atoms with van der Waals surface area (Å²) in [6.07, 6.45) is 2.53. The summed E-state index contributed by atoms with van der Waals surface area (Å²) in [6, 6.07) is 4.96. The van der Waals surface area contributed by atoms with E-state index in [0.717, 1.165) is 4.31 Å². The Hall–Kier alpha value is -1.40. The predicted molar refractivity (Wildman–Crippen MR) is 55.8 cm³/mol. The van der Waals surface area contributed by atoms with Gasteiger partial charge in [0, 0.05) is 14.1 Å². The summed E-state index contributed by atoms with van der Waals surface area (Å²) in [4.78, 5) is 6.83. The van der Waals surface area contributed by atoms with Crippen LogP contribution in [0.2, 0.25) is 0 Å². The van der Waals surface area contributed by atoms with Crippen LogP contribution in [0.5, 0.6) is 0 Å². The van der Waals surface area contributed by atoms with E-state index >= 15 is 0 Å². The Morgan fingerprint density at radius 1 is 1.40 bits per heavy atom.